The Hall–Kier alpha value is -1.21. The molecule has 19 heavy (non-hydrogen) atoms. The predicted molar refractivity (Wildman–Crippen MR) is 70.5 cm³/mol. The van der Waals surface area contributed by atoms with E-state index in [1.807, 2.05) is 19.6 Å². The van der Waals surface area contributed by atoms with Gasteiger partial charge in [0.25, 0.3) is 0 Å². The topological polar surface area (TPSA) is 63.2 Å². The molecule has 110 valence electrons. The molecule has 1 heterocycles. The second-order valence-corrected chi connectivity index (χ2v) is 10.0. The van der Waals surface area contributed by atoms with Crippen LogP contribution in [-0.4, -0.2) is 40.4 Å². The summed E-state index contributed by atoms with van der Waals surface area (Å²) in [6, 6.07) is 0. The molecule has 0 unspecified atom stereocenters. The lowest BCUT2D eigenvalue weighted by atomic mass is 10.3. The first-order chi connectivity index (χ1) is 8.59. The van der Waals surface area contributed by atoms with E-state index in [4.69, 9.17) is 23.4 Å². The number of methoxy groups -OCH3 is 2. The lowest BCUT2D eigenvalue weighted by molar-refractivity contribution is -0.167. The second kappa shape index (κ2) is 5.42. The van der Waals surface area contributed by atoms with Crippen molar-refractivity contribution in [2.45, 2.75) is 45.4 Å². The van der Waals surface area contributed by atoms with Crippen LogP contribution in [0.4, 0.5) is 0 Å². The van der Waals surface area contributed by atoms with Gasteiger partial charge in [-0.3, -0.25) is 0 Å². The molecule has 6 nitrogen and oxygen atoms in total. The van der Waals surface area contributed by atoms with Crippen LogP contribution >= 0.6 is 0 Å². The lowest BCUT2D eigenvalue weighted by Crippen LogP contribution is -2.30. The predicted octanol–water partition coefficient (Wildman–Crippen LogP) is 1.98. The Morgan fingerprint density at radius 3 is 2.21 bits per heavy atom. The van der Waals surface area contributed by atoms with E-state index in [1.54, 1.807) is 13.8 Å². The summed E-state index contributed by atoms with van der Waals surface area (Å²) in [6.07, 6.45) is -0.966. The van der Waals surface area contributed by atoms with Crippen molar-refractivity contribution >= 4 is 14.3 Å². The molecular formula is C12H22O6Si. The monoisotopic (exact) mass is 290 g/mol. The highest BCUT2D eigenvalue weighted by molar-refractivity contribution is 6.70. The summed E-state index contributed by atoms with van der Waals surface area (Å²) in [4.78, 5) is 11.7. The molecule has 0 aromatic carbocycles. The number of ether oxygens (including phenoxy) is 4. The number of esters is 1. The van der Waals surface area contributed by atoms with Gasteiger partial charge in [0.05, 0.1) is 14.2 Å². The molecule has 1 aliphatic heterocycles. The third-order valence-electron chi connectivity index (χ3n) is 2.20. The average molecular weight is 290 g/mol. The minimum atomic E-state index is -1.90. The summed E-state index contributed by atoms with van der Waals surface area (Å²) >= 11 is 0. The van der Waals surface area contributed by atoms with Crippen molar-refractivity contribution in [2.75, 3.05) is 14.2 Å². The summed E-state index contributed by atoms with van der Waals surface area (Å²) < 4.78 is 26.8. The van der Waals surface area contributed by atoms with E-state index in [-0.39, 0.29) is 11.7 Å². The Morgan fingerprint density at radius 1 is 1.21 bits per heavy atom. The fourth-order valence-corrected chi connectivity index (χ4v) is 2.30. The molecule has 0 bridgehead atoms. The van der Waals surface area contributed by atoms with Crippen molar-refractivity contribution in [1.82, 2.24) is 0 Å². The Labute approximate surface area is 114 Å². The molecule has 0 amide bonds. The minimum absolute atomic E-state index is 0.181. The van der Waals surface area contributed by atoms with Crippen molar-refractivity contribution in [3.63, 3.8) is 0 Å². The third kappa shape index (κ3) is 4.14. The summed E-state index contributed by atoms with van der Waals surface area (Å²) in [5, 5.41) is 0. The maximum absolute atomic E-state index is 11.7. The molecule has 1 rings (SSSR count). The zero-order valence-corrected chi connectivity index (χ0v) is 13.5. The lowest BCUT2D eigenvalue weighted by Gasteiger charge is -2.22. The molecule has 0 saturated carbocycles. The van der Waals surface area contributed by atoms with Crippen molar-refractivity contribution in [3.05, 3.63) is 11.7 Å². The van der Waals surface area contributed by atoms with Crippen LogP contribution in [0.25, 0.3) is 0 Å². The van der Waals surface area contributed by atoms with Crippen LogP contribution < -0.4 is 0 Å². The van der Waals surface area contributed by atoms with Crippen molar-refractivity contribution in [2.24, 2.45) is 0 Å². The van der Waals surface area contributed by atoms with Crippen molar-refractivity contribution in [3.8, 4) is 0 Å². The van der Waals surface area contributed by atoms with E-state index in [9.17, 15) is 4.79 Å². The quantitative estimate of drug-likeness (QED) is 0.448. The van der Waals surface area contributed by atoms with E-state index >= 15 is 0 Å². The molecular weight excluding hydrogens is 268 g/mol. The van der Waals surface area contributed by atoms with Crippen LogP contribution in [0.15, 0.2) is 11.7 Å². The van der Waals surface area contributed by atoms with Gasteiger partial charge in [-0.2, -0.15) is 0 Å². The van der Waals surface area contributed by atoms with Crippen molar-refractivity contribution in [1.29, 1.82) is 0 Å². The standard InChI is InChI=1S/C12H22O6Si/c1-12(2)16-8(10(13)14-3)9(17-12)11(15-4)18-19(5,6)7/h8H,1-7H3/b11-9+/t8-/m0/s1. The van der Waals surface area contributed by atoms with Crippen LogP contribution in [0, 0.1) is 0 Å². The number of carbonyl (C=O) groups excluding carboxylic acids is 1. The normalized spacial score (nSPS) is 24.5. The molecule has 0 aromatic rings. The first kappa shape index (κ1) is 15.8. The van der Waals surface area contributed by atoms with Gasteiger partial charge in [-0.1, -0.05) is 0 Å². The summed E-state index contributed by atoms with van der Waals surface area (Å²) in [5.41, 5.74) is 0. The SMILES string of the molecule is COC(=O)[C@H]1OC(C)(C)O/C1=C(\OC)O[Si](C)(C)C. The average Bonchev–Trinajstić information content (AvgIpc) is 2.60. The highest BCUT2D eigenvalue weighted by Gasteiger charge is 2.46. The molecule has 0 spiro atoms. The molecule has 1 fully saturated rings. The van der Waals surface area contributed by atoms with E-state index in [1.165, 1.54) is 14.2 Å². The van der Waals surface area contributed by atoms with E-state index in [0.717, 1.165) is 0 Å². The Bertz CT molecular complexity index is 382. The summed E-state index contributed by atoms with van der Waals surface area (Å²) in [5.74, 6) is -1.07. The number of hydrogen-bond acceptors (Lipinski definition) is 6. The molecule has 7 heteroatoms. The second-order valence-electron chi connectivity index (χ2n) is 5.59. The largest absolute Gasteiger partial charge is 0.517 e. The van der Waals surface area contributed by atoms with Gasteiger partial charge in [0.15, 0.2) is 0 Å². The fraction of sp³-hybridized carbons (Fsp3) is 0.750. The molecule has 1 saturated heterocycles. The Morgan fingerprint density at radius 2 is 1.79 bits per heavy atom. The molecule has 1 aliphatic rings. The van der Waals surface area contributed by atoms with Crippen LogP contribution in [0.5, 0.6) is 0 Å². The molecule has 0 aliphatic carbocycles. The van der Waals surface area contributed by atoms with E-state index < -0.39 is 26.2 Å². The minimum Gasteiger partial charge on any atom is -0.517 e. The van der Waals surface area contributed by atoms with Gasteiger partial charge in [-0.25, -0.2) is 4.79 Å². The van der Waals surface area contributed by atoms with Gasteiger partial charge in [0, 0.05) is 13.8 Å². The van der Waals surface area contributed by atoms with Gasteiger partial charge >= 0.3 is 11.9 Å². The molecule has 1 atom stereocenters. The van der Waals surface area contributed by atoms with Crippen LogP contribution in [0.3, 0.4) is 0 Å². The Kier molecular flexibility index (Phi) is 4.52. The van der Waals surface area contributed by atoms with Gasteiger partial charge < -0.3 is 23.4 Å². The van der Waals surface area contributed by atoms with Crippen molar-refractivity contribution < 1.29 is 28.2 Å². The summed E-state index contributed by atoms with van der Waals surface area (Å²) in [7, 11) is 0.856. The maximum atomic E-state index is 11.7. The number of rotatable bonds is 4. The highest BCUT2D eigenvalue weighted by atomic mass is 28.4. The van der Waals surface area contributed by atoms with E-state index in [0.29, 0.717) is 0 Å². The Balaban J connectivity index is 3.13. The fourth-order valence-electron chi connectivity index (χ4n) is 1.56. The van der Waals surface area contributed by atoms with Crippen LogP contribution in [0.2, 0.25) is 19.6 Å². The molecule has 0 N–H and O–H groups in total. The third-order valence-corrected chi connectivity index (χ3v) is 2.99. The van der Waals surface area contributed by atoms with Crippen LogP contribution in [-0.2, 0) is 28.2 Å². The van der Waals surface area contributed by atoms with E-state index in [2.05, 4.69) is 0 Å². The first-order valence-corrected chi connectivity index (χ1v) is 9.42. The maximum Gasteiger partial charge on any atom is 0.343 e. The van der Waals surface area contributed by atoms with Gasteiger partial charge in [0.1, 0.15) is 0 Å². The number of carbonyl (C=O) groups is 1. The zero-order chi connectivity index (χ0) is 14.8. The highest BCUT2D eigenvalue weighted by Crippen LogP contribution is 2.34. The first-order valence-electron chi connectivity index (χ1n) is 6.01. The van der Waals surface area contributed by atoms with Gasteiger partial charge in [-0.05, 0) is 19.6 Å². The molecule has 0 aromatic heterocycles. The number of hydrogen-bond donors (Lipinski definition) is 0. The van der Waals surface area contributed by atoms with Gasteiger partial charge in [0.2, 0.25) is 26.0 Å². The smallest absolute Gasteiger partial charge is 0.343 e. The summed E-state index contributed by atoms with van der Waals surface area (Å²) in [6.45, 7) is 9.41. The van der Waals surface area contributed by atoms with Crippen LogP contribution in [0.1, 0.15) is 13.8 Å². The van der Waals surface area contributed by atoms with Gasteiger partial charge in [-0.15, -0.1) is 0 Å². The molecule has 0 radical (unpaired) electrons. The zero-order valence-electron chi connectivity index (χ0n) is 12.5.